The SMILES string of the molecule is N#CC1(c2ncccc2Cl)COC1.O=C([O-])C1(c2ncccc2Cl)COC1.[Na+]. The van der Waals surface area contributed by atoms with Crippen LogP contribution in [0.2, 0.25) is 10.0 Å². The summed E-state index contributed by atoms with van der Waals surface area (Å²) in [4.78, 5) is 19.0. The second-order valence-corrected chi connectivity index (χ2v) is 7.03. The average molecular weight is 430 g/mol. The largest absolute Gasteiger partial charge is 1.00 e. The molecule has 0 bridgehead atoms. The van der Waals surface area contributed by atoms with Gasteiger partial charge in [0.1, 0.15) is 10.8 Å². The zero-order valence-electron chi connectivity index (χ0n) is 15.0. The van der Waals surface area contributed by atoms with Gasteiger partial charge in [0.15, 0.2) is 0 Å². The summed E-state index contributed by atoms with van der Waals surface area (Å²) >= 11 is 11.8. The van der Waals surface area contributed by atoms with E-state index in [1.54, 1.807) is 30.5 Å². The maximum Gasteiger partial charge on any atom is 1.00 e. The number of hydrogen-bond donors (Lipinski definition) is 0. The number of hydrogen-bond acceptors (Lipinski definition) is 7. The zero-order valence-corrected chi connectivity index (χ0v) is 18.5. The molecule has 2 aliphatic heterocycles. The van der Waals surface area contributed by atoms with E-state index in [-0.39, 0.29) is 42.8 Å². The first-order valence-electron chi connectivity index (χ1n) is 7.95. The smallest absolute Gasteiger partial charge is 0.549 e. The molecule has 4 rings (SSSR count). The van der Waals surface area contributed by atoms with Gasteiger partial charge >= 0.3 is 29.6 Å². The topological polar surface area (TPSA) is 108 Å². The maximum absolute atomic E-state index is 11.0. The summed E-state index contributed by atoms with van der Waals surface area (Å²) in [5.41, 5.74) is -0.810. The van der Waals surface area contributed by atoms with Crippen LogP contribution >= 0.6 is 23.2 Å². The van der Waals surface area contributed by atoms with Gasteiger partial charge in [0.2, 0.25) is 0 Å². The number of rotatable bonds is 3. The molecule has 2 aromatic rings. The number of aromatic nitrogens is 2. The molecule has 0 saturated carbocycles. The molecule has 2 aliphatic rings. The van der Waals surface area contributed by atoms with Crippen LogP contribution < -0.4 is 34.7 Å². The van der Waals surface area contributed by atoms with E-state index in [1.165, 1.54) is 6.20 Å². The van der Waals surface area contributed by atoms with Crippen LogP contribution in [0.4, 0.5) is 0 Å². The van der Waals surface area contributed by atoms with E-state index in [0.717, 1.165) is 0 Å². The molecule has 140 valence electrons. The molecule has 0 spiro atoms. The normalized spacial score (nSPS) is 18.0. The molecule has 0 unspecified atom stereocenters. The van der Waals surface area contributed by atoms with Crippen molar-refractivity contribution >= 4 is 29.2 Å². The van der Waals surface area contributed by atoms with Crippen LogP contribution in [0.15, 0.2) is 36.7 Å². The molecule has 0 aromatic carbocycles. The number of nitrogens with zero attached hydrogens (tertiary/aromatic N) is 3. The van der Waals surface area contributed by atoms with Crippen molar-refractivity contribution in [3.8, 4) is 6.07 Å². The van der Waals surface area contributed by atoms with Crippen LogP contribution in [0.5, 0.6) is 0 Å². The van der Waals surface area contributed by atoms with Crippen LogP contribution in [-0.4, -0.2) is 42.4 Å². The predicted octanol–water partition coefficient (Wildman–Crippen LogP) is -1.72. The fourth-order valence-electron chi connectivity index (χ4n) is 2.69. The predicted molar refractivity (Wildman–Crippen MR) is 94.1 cm³/mol. The van der Waals surface area contributed by atoms with Gasteiger partial charge in [0.05, 0.1) is 59.9 Å². The van der Waals surface area contributed by atoms with Crippen LogP contribution in [0, 0.1) is 11.3 Å². The Morgan fingerprint density at radius 1 is 1.04 bits per heavy atom. The summed E-state index contributed by atoms with van der Waals surface area (Å²) in [5, 5.41) is 20.8. The Morgan fingerprint density at radius 2 is 1.54 bits per heavy atom. The summed E-state index contributed by atoms with van der Waals surface area (Å²) in [7, 11) is 0. The van der Waals surface area contributed by atoms with Crippen molar-refractivity contribution in [2.75, 3.05) is 26.4 Å². The van der Waals surface area contributed by atoms with Gasteiger partial charge in [-0.1, -0.05) is 23.2 Å². The first-order chi connectivity index (χ1) is 12.9. The summed E-state index contributed by atoms with van der Waals surface area (Å²) in [6, 6.07) is 8.94. The van der Waals surface area contributed by atoms with Crippen LogP contribution in [0.3, 0.4) is 0 Å². The van der Waals surface area contributed by atoms with Crippen molar-refractivity contribution in [2.45, 2.75) is 10.8 Å². The molecule has 4 heterocycles. The molecule has 10 heteroatoms. The molecule has 2 fully saturated rings. The first kappa shape index (κ1) is 23.0. The zero-order chi connectivity index (χ0) is 19.5. The van der Waals surface area contributed by atoms with E-state index in [2.05, 4.69) is 16.0 Å². The molecule has 2 saturated heterocycles. The Kier molecular flexibility index (Phi) is 7.82. The summed E-state index contributed by atoms with van der Waals surface area (Å²) in [5.74, 6) is -1.19. The minimum absolute atomic E-state index is 0. The fourth-order valence-corrected chi connectivity index (χ4v) is 3.30. The summed E-state index contributed by atoms with van der Waals surface area (Å²) in [6.45, 7) is 0.929. The number of carboxylic acids is 1. The Hall–Kier alpha value is -1.24. The Bertz CT molecular complexity index is 898. The molecule has 0 radical (unpaired) electrons. The monoisotopic (exact) mass is 429 g/mol. The fraction of sp³-hybridized carbons (Fsp3) is 0.333. The molecule has 0 aliphatic carbocycles. The van der Waals surface area contributed by atoms with Crippen LogP contribution in [0.25, 0.3) is 0 Å². The third kappa shape index (κ3) is 4.19. The Labute approximate surface area is 193 Å². The van der Waals surface area contributed by atoms with Gasteiger partial charge in [0.25, 0.3) is 0 Å². The number of halogens is 2. The number of carboxylic acid groups (broad SMARTS) is 1. The molecule has 7 nitrogen and oxygen atoms in total. The van der Waals surface area contributed by atoms with Crippen molar-refractivity contribution in [1.82, 2.24) is 9.97 Å². The number of carbonyl (C=O) groups is 1. The third-order valence-electron chi connectivity index (χ3n) is 4.42. The number of pyridine rings is 2. The average Bonchev–Trinajstić information content (AvgIpc) is 2.57. The maximum atomic E-state index is 11.0. The van der Waals surface area contributed by atoms with Gasteiger partial charge in [0, 0.05) is 12.4 Å². The molecule has 28 heavy (non-hydrogen) atoms. The quantitative estimate of drug-likeness (QED) is 0.534. The van der Waals surface area contributed by atoms with Gasteiger partial charge in [-0.2, -0.15) is 5.26 Å². The van der Waals surface area contributed by atoms with E-state index in [4.69, 9.17) is 37.9 Å². The summed E-state index contributed by atoms with van der Waals surface area (Å²) in [6.07, 6.45) is 3.14. The molecule has 2 aromatic heterocycles. The second-order valence-electron chi connectivity index (χ2n) is 6.22. The van der Waals surface area contributed by atoms with Gasteiger partial charge in [-0.05, 0) is 24.3 Å². The Balaban J connectivity index is 0.000000194. The van der Waals surface area contributed by atoms with Crippen molar-refractivity contribution in [1.29, 1.82) is 5.26 Å². The summed E-state index contributed by atoms with van der Waals surface area (Å²) < 4.78 is 9.91. The minimum atomic E-state index is -1.19. The van der Waals surface area contributed by atoms with E-state index in [9.17, 15) is 9.90 Å². The van der Waals surface area contributed by atoms with E-state index < -0.39 is 16.8 Å². The van der Waals surface area contributed by atoms with Gasteiger partial charge in [-0.3, -0.25) is 9.97 Å². The Morgan fingerprint density at radius 3 is 1.86 bits per heavy atom. The molecule has 0 amide bonds. The number of aliphatic carboxylic acids is 1. The minimum Gasteiger partial charge on any atom is -0.549 e. The molecular formula is C18H14Cl2N3NaO4. The van der Waals surface area contributed by atoms with E-state index in [1.807, 2.05) is 0 Å². The molecule has 0 atom stereocenters. The molecular weight excluding hydrogens is 416 g/mol. The van der Waals surface area contributed by atoms with Gasteiger partial charge in [-0.25, -0.2) is 0 Å². The number of carbonyl (C=O) groups excluding carboxylic acids is 1. The third-order valence-corrected chi connectivity index (χ3v) is 5.03. The standard InChI is InChI=1S/C9H7ClN2O.C9H8ClNO3.Na/c10-7-2-1-3-12-8(7)9(4-11)5-13-6-9;10-6-2-1-3-11-7(6)9(8(12)13)4-14-5-9;/h1-3H,5-6H2;1-3H,4-5H2,(H,12,13);/q;;+1/p-1. The van der Waals surface area contributed by atoms with Crippen molar-refractivity contribution in [3.63, 3.8) is 0 Å². The van der Waals surface area contributed by atoms with Crippen molar-refractivity contribution in [3.05, 3.63) is 58.1 Å². The number of nitriles is 1. The van der Waals surface area contributed by atoms with Gasteiger partial charge < -0.3 is 19.4 Å². The van der Waals surface area contributed by atoms with Crippen molar-refractivity contribution < 1.29 is 48.9 Å². The van der Waals surface area contributed by atoms with Crippen LogP contribution in [-0.2, 0) is 25.1 Å². The van der Waals surface area contributed by atoms with Crippen molar-refractivity contribution in [2.24, 2.45) is 0 Å². The van der Waals surface area contributed by atoms with E-state index in [0.29, 0.717) is 34.6 Å². The second kappa shape index (κ2) is 9.51. The van der Waals surface area contributed by atoms with Gasteiger partial charge in [-0.15, -0.1) is 0 Å². The first-order valence-corrected chi connectivity index (χ1v) is 8.71. The van der Waals surface area contributed by atoms with E-state index >= 15 is 0 Å². The van der Waals surface area contributed by atoms with Crippen LogP contribution in [0.1, 0.15) is 11.4 Å². The number of ether oxygens (including phenoxy) is 2. The molecule has 0 N–H and O–H groups in total.